The molecule has 2 rings (SSSR count). The monoisotopic (exact) mass is 219 g/mol. The molecule has 0 N–H and O–H groups in total. The lowest BCUT2D eigenvalue weighted by Gasteiger charge is -2.10. The van der Waals surface area contributed by atoms with Crippen LogP contribution in [0.3, 0.4) is 0 Å². The Kier molecular flexibility index (Phi) is 2.66. The van der Waals surface area contributed by atoms with E-state index in [4.69, 9.17) is 9.25 Å². The third-order valence-corrected chi connectivity index (χ3v) is 2.44. The molecule has 84 valence electrons. The minimum Gasteiger partial charge on any atom is -0.451 e. The van der Waals surface area contributed by atoms with E-state index < -0.39 is 0 Å². The first-order chi connectivity index (χ1) is 7.61. The van der Waals surface area contributed by atoms with Crippen LogP contribution in [0.4, 0.5) is 0 Å². The normalized spacial score (nSPS) is 10.7. The summed E-state index contributed by atoms with van der Waals surface area (Å²) >= 11 is 0. The molecule has 4 nitrogen and oxygen atoms in total. The zero-order valence-corrected chi connectivity index (χ0v) is 9.48. The number of hydrogen-bond donors (Lipinski definition) is 0. The molecule has 16 heavy (non-hydrogen) atoms. The van der Waals surface area contributed by atoms with Crippen LogP contribution in [0.5, 0.6) is 0 Å². The summed E-state index contributed by atoms with van der Waals surface area (Å²) in [7, 11) is 2.98. The summed E-state index contributed by atoms with van der Waals surface area (Å²) in [4.78, 5) is 16.5. The molecule has 0 spiro atoms. The van der Waals surface area contributed by atoms with Crippen LogP contribution in [0.15, 0.2) is 28.7 Å². The van der Waals surface area contributed by atoms with Gasteiger partial charge in [0.05, 0.1) is 7.11 Å². The average molecular weight is 219 g/mol. The summed E-state index contributed by atoms with van der Waals surface area (Å²) < 4.78 is 5.44. The number of hydrogen-bond acceptors (Lipinski definition) is 3. The van der Waals surface area contributed by atoms with Crippen molar-refractivity contribution in [2.45, 2.75) is 6.92 Å². The van der Waals surface area contributed by atoms with E-state index in [-0.39, 0.29) is 11.7 Å². The van der Waals surface area contributed by atoms with Gasteiger partial charge >= 0.3 is 5.91 Å². The first-order valence-electron chi connectivity index (χ1n) is 4.94. The van der Waals surface area contributed by atoms with Gasteiger partial charge in [-0.15, -0.1) is 0 Å². The fraction of sp³-hybridized carbons (Fsp3) is 0.250. The highest BCUT2D eigenvalue weighted by atomic mass is 16.7. The van der Waals surface area contributed by atoms with E-state index in [2.05, 4.69) is 0 Å². The molecule has 0 bridgehead atoms. The first-order valence-corrected chi connectivity index (χ1v) is 4.94. The lowest BCUT2D eigenvalue weighted by molar-refractivity contribution is -0.0772. The van der Waals surface area contributed by atoms with Gasteiger partial charge in [0.1, 0.15) is 5.58 Å². The Bertz CT molecular complexity index is 530. The number of rotatable bonds is 2. The zero-order valence-electron chi connectivity index (χ0n) is 9.48. The van der Waals surface area contributed by atoms with Crippen molar-refractivity contribution in [3.8, 4) is 0 Å². The van der Waals surface area contributed by atoms with Gasteiger partial charge in [-0.3, -0.25) is 9.63 Å². The second-order valence-corrected chi connectivity index (χ2v) is 3.64. The van der Waals surface area contributed by atoms with Gasteiger partial charge in [-0.05, 0) is 25.1 Å². The summed E-state index contributed by atoms with van der Waals surface area (Å²) in [5, 5.41) is 2.05. The van der Waals surface area contributed by atoms with Crippen molar-refractivity contribution in [3.63, 3.8) is 0 Å². The van der Waals surface area contributed by atoms with Gasteiger partial charge < -0.3 is 4.42 Å². The number of fused-ring (bicyclic) bond motifs is 1. The highest BCUT2D eigenvalue weighted by Gasteiger charge is 2.16. The third-order valence-electron chi connectivity index (χ3n) is 2.44. The SMILES string of the molecule is CON(C)C(=O)c1cc2cc(C)ccc2o1. The van der Waals surface area contributed by atoms with Crippen molar-refractivity contribution in [3.05, 3.63) is 35.6 Å². The maximum atomic E-state index is 11.7. The maximum Gasteiger partial charge on any atom is 0.312 e. The Hall–Kier alpha value is -1.81. The topological polar surface area (TPSA) is 42.7 Å². The molecule has 0 saturated carbocycles. The summed E-state index contributed by atoms with van der Waals surface area (Å²) in [5.74, 6) is -0.0127. The molecule has 1 amide bonds. The van der Waals surface area contributed by atoms with E-state index in [0.29, 0.717) is 5.58 Å². The molecule has 0 aliphatic heterocycles. The van der Waals surface area contributed by atoms with E-state index in [0.717, 1.165) is 16.0 Å². The molecule has 1 heterocycles. The van der Waals surface area contributed by atoms with Crippen molar-refractivity contribution in [2.24, 2.45) is 0 Å². The predicted octanol–water partition coefficient (Wildman–Crippen LogP) is 2.37. The van der Waals surface area contributed by atoms with Crippen LogP contribution in [-0.2, 0) is 4.84 Å². The van der Waals surface area contributed by atoms with Crippen molar-refractivity contribution >= 4 is 16.9 Å². The summed E-state index contributed by atoms with van der Waals surface area (Å²) in [5.41, 5.74) is 1.84. The minimum absolute atomic E-state index is 0.282. The summed E-state index contributed by atoms with van der Waals surface area (Å²) in [6, 6.07) is 7.50. The van der Waals surface area contributed by atoms with Gasteiger partial charge in [-0.2, -0.15) is 0 Å². The van der Waals surface area contributed by atoms with Gasteiger partial charge in [0.15, 0.2) is 5.76 Å². The van der Waals surface area contributed by atoms with Gasteiger partial charge in [0.25, 0.3) is 0 Å². The second kappa shape index (κ2) is 3.98. The van der Waals surface area contributed by atoms with Crippen LogP contribution in [0.2, 0.25) is 0 Å². The molecule has 0 atom stereocenters. The quantitative estimate of drug-likeness (QED) is 0.728. The fourth-order valence-electron chi connectivity index (χ4n) is 1.51. The van der Waals surface area contributed by atoms with Crippen molar-refractivity contribution < 1.29 is 14.0 Å². The maximum absolute atomic E-state index is 11.7. The molecule has 0 fully saturated rings. The molecule has 4 heteroatoms. The average Bonchev–Trinajstić information content (AvgIpc) is 2.69. The van der Waals surface area contributed by atoms with Gasteiger partial charge in [-0.25, -0.2) is 5.06 Å². The Morgan fingerprint density at radius 3 is 2.81 bits per heavy atom. The first kappa shape index (κ1) is 10.7. The number of benzene rings is 1. The molecule has 2 aromatic rings. The Balaban J connectivity index is 2.43. The second-order valence-electron chi connectivity index (χ2n) is 3.64. The molecule has 0 radical (unpaired) electrons. The molecule has 0 saturated heterocycles. The van der Waals surface area contributed by atoms with Crippen LogP contribution >= 0.6 is 0 Å². The molecule has 1 aromatic heterocycles. The fourth-order valence-corrected chi connectivity index (χ4v) is 1.51. The number of furan rings is 1. The van der Waals surface area contributed by atoms with E-state index in [9.17, 15) is 4.79 Å². The van der Waals surface area contributed by atoms with Crippen LogP contribution < -0.4 is 0 Å². The lowest BCUT2D eigenvalue weighted by Crippen LogP contribution is -2.24. The number of hydroxylamine groups is 2. The number of aryl methyl sites for hydroxylation is 1. The predicted molar refractivity (Wildman–Crippen MR) is 60.1 cm³/mol. The molecular weight excluding hydrogens is 206 g/mol. The molecule has 0 unspecified atom stereocenters. The number of carbonyl (C=O) groups excluding carboxylic acids is 1. The van der Waals surface area contributed by atoms with Gasteiger partial charge in [0.2, 0.25) is 0 Å². The smallest absolute Gasteiger partial charge is 0.312 e. The van der Waals surface area contributed by atoms with Crippen molar-refractivity contribution in [1.82, 2.24) is 5.06 Å². The standard InChI is InChI=1S/C12H13NO3/c1-8-4-5-10-9(6-8)7-11(16-10)12(14)13(2)15-3/h4-7H,1-3H3. The van der Waals surface area contributed by atoms with Crippen molar-refractivity contribution in [2.75, 3.05) is 14.2 Å². The highest BCUT2D eigenvalue weighted by Crippen LogP contribution is 2.21. The number of nitrogens with zero attached hydrogens (tertiary/aromatic N) is 1. The Morgan fingerprint density at radius 2 is 2.12 bits per heavy atom. The number of carbonyl (C=O) groups is 1. The van der Waals surface area contributed by atoms with Crippen LogP contribution in [-0.4, -0.2) is 25.1 Å². The van der Waals surface area contributed by atoms with E-state index in [1.807, 2.05) is 25.1 Å². The molecule has 0 aliphatic carbocycles. The Morgan fingerprint density at radius 1 is 1.38 bits per heavy atom. The third kappa shape index (κ3) is 1.79. The summed E-state index contributed by atoms with van der Waals surface area (Å²) in [6.07, 6.45) is 0. The lowest BCUT2D eigenvalue weighted by atomic mass is 10.2. The van der Waals surface area contributed by atoms with E-state index in [1.54, 1.807) is 13.1 Å². The van der Waals surface area contributed by atoms with Gasteiger partial charge in [-0.1, -0.05) is 11.6 Å². The zero-order chi connectivity index (χ0) is 11.7. The van der Waals surface area contributed by atoms with Crippen LogP contribution in [0.25, 0.3) is 11.0 Å². The number of amides is 1. The molecule has 0 aliphatic rings. The van der Waals surface area contributed by atoms with Crippen molar-refractivity contribution in [1.29, 1.82) is 0 Å². The Labute approximate surface area is 93.4 Å². The van der Waals surface area contributed by atoms with Gasteiger partial charge in [0, 0.05) is 12.4 Å². The summed E-state index contributed by atoms with van der Waals surface area (Å²) in [6.45, 7) is 2.00. The minimum atomic E-state index is -0.295. The van der Waals surface area contributed by atoms with Crippen LogP contribution in [0.1, 0.15) is 16.1 Å². The molecule has 1 aromatic carbocycles. The highest BCUT2D eigenvalue weighted by molar-refractivity contribution is 5.95. The van der Waals surface area contributed by atoms with Crippen LogP contribution in [0, 0.1) is 6.92 Å². The van der Waals surface area contributed by atoms with E-state index >= 15 is 0 Å². The van der Waals surface area contributed by atoms with E-state index in [1.165, 1.54) is 7.11 Å². The molecular formula is C12H13NO3. The largest absolute Gasteiger partial charge is 0.451 e.